The minimum atomic E-state index is 0.0888. The molecular formula is C6H15N3OS. The van der Waals surface area contributed by atoms with Crippen molar-refractivity contribution in [3.63, 3.8) is 0 Å². The van der Waals surface area contributed by atoms with Gasteiger partial charge >= 0.3 is 0 Å². The Kier molecular flexibility index (Phi) is 6.06. The Morgan fingerprint density at radius 1 is 1.82 bits per heavy atom. The molecule has 0 aromatic carbocycles. The molecule has 1 atom stereocenters. The molecule has 4 N–H and O–H groups in total. The molecule has 66 valence electrons. The van der Waals surface area contributed by atoms with Gasteiger partial charge in [0, 0.05) is 5.75 Å². The second kappa shape index (κ2) is 6.30. The first-order valence-corrected chi connectivity index (χ1v) is 4.86. The third kappa shape index (κ3) is 4.92. The van der Waals surface area contributed by atoms with Crippen LogP contribution in [0.5, 0.6) is 0 Å². The summed E-state index contributed by atoms with van der Waals surface area (Å²) in [7, 11) is 0. The SMILES string of the molecule is CCC(CSC)N=C(N)NO. The lowest BCUT2D eigenvalue weighted by molar-refractivity contribution is 0.232. The van der Waals surface area contributed by atoms with Gasteiger partial charge in [0.25, 0.3) is 0 Å². The van der Waals surface area contributed by atoms with E-state index in [0.717, 1.165) is 12.2 Å². The van der Waals surface area contributed by atoms with E-state index in [0.29, 0.717) is 0 Å². The molecule has 1 unspecified atom stereocenters. The lowest BCUT2D eigenvalue weighted by atomic mass is 10.3. The molecule has 0 aliphatic rings. The fraction of sp³-hybridized carbons (Fsp3) is 0.833. The minimum Gasteiger partial charge on any atom is -0.368 e. The summed E-state index contributed by atoms with van der Waals surface area (Å²) in [6.07, 6.45) is 2.95. The van der Waals surface area contributed by atoms with Crippen LogP contribution in [-0.2, 0) is 0 Å². The first-order chi connectivity index (χ1) is 5.24. The van der Waals surface area contributed by atoms with E-state index in [1.165, 1.54) is 0 Å². The lowest BCUT2D eigenvalue weighted by Gasteiger charge is -2.08. The summed E-state index contributed by atoms with van der Waals surface area (Å²) in [4.78, 5) is 4.02. The van der Waals surface area contributed by atoms with Gasteiger partial charge in [-0.2, -0.15) is 11.8 Å². The third-order valence-corrected chi connectivity index (χ3v) is 1.98. The van der Waals surface area contributed by atoms with Crippen LogP contribution >= 0.6 is 11.8 Å². The second-order valence-electron chi connectivity index (χ2n) is 2.14. The predicted molar refractivity (Wildman–Crippen MR) is 49.0 cm³/mol. The van der Waals surface area contributed by atoms with Crippen molar-refractivity contribution in [1.82, 2.24) is 5.48 Å². The van der Waals surface area contributed by atoms with Crippen molar-refractivity contribution in [1.29, 1.82) is 0 Å². The maximum Gasteiger partial charge on any atom is 0.213 e. The monoisotopic (exact) mass is 177 g/mol. The van der Waals surface area contributed by atoms with Crippen LogP contribution in [0.4, 0.5) is 0 Å². The maximum atomic E-state index is 8.33. The van der Waals surface area contributed by atoms with E-state index in [-0.39, 0.29) is 12.0 Å². The van der Waals surface area contributed by atoms with E-state index < -0.39 is 0 Å². The number of aliphatic imine (C=N–C) groups is 1. The topological polar surface area (TPSA) is 70.6 Å². The van der Waals surface area contributed by atoms with Gasteiger partial charge in [-0.25, -0.2) is 10.5 Å². The number of hydrogen-bond donors (Lipinski definition) is 3. The van der Waals surface area contributed by atoms with Crippen LogP contribution in [0.3, 0.4) is 0 Å². The number of rotatable bonds is 4. The molecule has 0 aliphatic heterocycles. The highest BCUT2D eigenvalue weighted by Crippen LogP contribution is 2.04. The van der Waals surface area contributed by atoms with Crippen LogP contribution in [0.15, 0.2) is 4.99 Å². The van der Waals surface area contributed by atoms with Crippen molar-refractivity contribution in [3.8, 4) is 0 Å². The fourth-order valence-corrected chi connectivity index (χ4v) is 1.36. The summed E-state index contributed by atoms with van der Waals surface area (Å²) in [6, 6.07) is 0.199. The summed E-state index contributed by atoms with van der Waals surface area (Å²) < 4.78 is 0. The van der Waals surface area contributed by atoms with Gasteiger partial charge in [0.05, 0.1) is 6.04 Å². The van der Waals surface area contributed by atoms with Crippen LogP contribution in [0.25, 0.3) is 0 Å². The maximum absolute atomic E-state index is 8.33. The van der Waals surface area contributed by atoms with Crippen molar-refractivity contribution in [2.75, 3.05) is 12.0 Å². The average Bonchev–Trinajstić information content (AvgIpc) is 2.03. The average molecular weight is 177 g/mol. The highest BCUT2D eigenvalue weighted by atomic mass is 32.2. The van der Waals surface area contributed by atoms with Gasteiger partial charge in [0.15, 0.2) is 0 Å². The van der Waals surface area contributed by atoms with Crippen LogP contribution in [0.2, 0.25) is 0 Å². The molecular weight excluding hydrogens is 162 g/mol. The molecule has 0 radical (unpaired) electrons. The Morgan fingerprint density at radius 2 is 2.45 bits per heavy atom. The third-order valence-electron chi connectivity index (χ3n) is 1.27. The van der Waals surface area contributed by atoms with Gasteiger partial charge in [-0.1, -0.05) is 6.92 Å². The Bertz CT molecular complexity index is 129. The van der Waals surface area contributed by atoms with Crippen LogP contribution in [-0.4, -0.2) is 29.2 Å². The largest absolute Gasteiger partial charge is 0.368 e. The molecule has 0 amide bonds. The zero-order valence-corrected chi connectivity index (χ0v) is 7.69. The Hall–Kier alpha value is -0.420. The van der Waals surface area contributed by atoms with E-state index in [1.54, 1.807) is 17.2 Å². The molecule has 0 spiro atoms. The normalized spacial score (nSPS) is 14.6. The number of nitrogens with two attached hydrogens (primary N) is 1. The van der Waals surface area contributed by atoms with Crippen LogP contribution < -0.4 is 11.2 Å². The molecule has 0 saturated heterocycles. The summed E-state index contributed by atoms with van der Waals surface area (Å²) in [5, 5.41) is 8.33. The number of hydrogen-bond acceptors (Lipinski definition) is 3. The highest BCUT2D eigenvalue weighted by molar-refractivity contribution is 7.98. The van der Waals surface area contributed by atoms with E-state index in [4.69, 9.17) is 10.9 Å². The van der Waals surface area contributed by atoms with Gasteiger partial charge < -0.3 is 5.73 Å². The van der Waals surface area contributed by atoms with E-state index in [1.807, 2.05) is 13.2 Å². The molecule has 0 rings (SSSR count). The number of guanidine groups is 1. The van der Waals surface area contributed by atoms with Gasteiger partial charge in [-0.3, -0.25) is 5.21 Å². The van der Waals surface area contributed by atoms with Gasteiger partial charge in [0.1, 0.15) is 0 Å². The summed E-state index contributed by atoms with van der Waals surface area (Å²) in [5.74, 6) is 1.02. The van der Waals surface area contributed by atoms with Crippen LogP contribution in [0, 0.1) is 0 Å². The zero-order valence-electron chi connectivity index (χ0n) is 6.87. The van der Waals surface area contributed by atoms with Crippen molar-refractivity contribution in [2.45, 2.75) is 19.4 Å². The van der Waals surface area contributed by atoms with Crippen molar-refractivity contribution in [2.24, 2.45) is 10.7 Å². The molecule has 0 bridgehead atoms. The highest BCUT2D eigenvalue weighted by Gasteiger charge is 2.02. The molecule has 0 saturated carbocycles. The number of hydroxylamine groups is 1. The zero-order chi connectivity index (χ0) is 8.69. The fourth-order valence-electron chi connectivity index (χ4n) is 0.664. The molecule has 0 aromatic heterocycles. The van der Waals surface area contributed by atoms with E-state index in [9.17, 15) is 0 Å². The van der Waals surface area contributed by atoms with Crippen molar-refractivity contribution >= 4 is 17.7 Å². The first kappa shape index (κ1) is 10.6. The van der Waals surface area contributed by atoms with Crippen LogP contribution in [0.1, 0.15) is 13.3 Å². The predicted octanol–water partition coefficient (Wildman–Crippen LogP) is 0.421. The second-order valence-corrected chi connectivity index (χ2v) is 3.05. The lowest BCUT2D eigenvalue weighted by Crippen LogP contribution is -2.30. The molecule has 0 heterocycles. The number of nitrogens with one attached hydrogen (secondary N) is 1. The number of thioether (sulfide) groups is 1. The summed E-state index contributed by atoms with van der Waals surface area (Å²) in [6.45, 7) is 2.04. The molecule has 5 heteroatoms. The standard InChI is InChI=1S/C6H15N3OS/c1-3-5(4-11-2)8-6(7)9-10/h5,10H,3-4H2,1-2H3,(H3,7,8,9). The van der Waals surface area contributed by atoms with E-state index in [2.05, 4.69) is 4.99 Å². The molecule has 11 heavy (non-hydrogen) atoms. The molecule has 4 nitrogen and oxygen atoms in total. The quantitative estimate of drug-likeness (QED) is 0.331. The smallest absolute Gasteiger partial charge is 0.213 e. The van der Waals surface area contributed by atoms with Gasteiger partial charge in [-0.05, 0) is 12.7 Å². The van der Waals surface area contributed by atoms with E-state index >= 15 is 0 Å². The minimum absolute atomic E-state index is 0.0888. The first-order valence-electron chi connectivity index (χ1n) is 3.46. The van der Waals surface area contributed by atoms with Crippen molar-refractivity contribution in [3.05, 3.63) is 0 Å². The van der Waals surface area contributed by atoms with Gasteiger partial charge in [0.2, 0.25) is 5.96 Å². The Morgan fingerprint density at radius 3 is 2.82 bits per heavy atom. The Balaban J connectivity index is 3.84. The van der Waals surface area contributed by atoms with Gasteiger partial charge in [-0.15, -0.1) is 0 Å². The number of nitrogens with zero attached hydrogens (tertiary/aromatic N) is 1. The summed E-state index contributed by atoms with van der Waals surface area (Å²) >= 11 is 1.71. The molecule has 0 aliphatic carbocycles. The molecule has 0 fully saturated rings. The molecule has 0 aromatic rings. The van der Waals surface area contributed by atoms with Crippen molar-refractivity contribution < 1.29 is 5.21 Å². The Labute approximate surface area is 71.2 Å². The summed E-state index contributed by atoms with van der Waals surface area (Å²) in [5.41, 5.74) is 7.07.